The Morgan fingerprint density at radius 2 is 1.40 bits per heavy atom. The van der Waals surface area contributed by atoms with E-state index in [4.69, 9.17) is 55.9 Å². The Balaban J connectivity index is 1.70. The van der Waals surface area contributed by atoms with Crippen LogP contribution in [-0.2, 0) is 19.7 Å². The topological polar surface area (TPSA) is 30.5 Å². The van der Waals surface area contributed by atoms with E-state index >= 15 is 0 Å². The molecule has 0 fully saturated rings. The molecule has 7 heteroatoms. The molecule has 3 aromatic carbocycles. The second-order valence-corrected chi connectivity index (χ2v) is 8.20. The van der Waals surface area contributed by atoms with Crippen molar-refractivity contribution in [1.29, 1.82) is 0 Å². The van der Waals surface area contributed by atoms with Crippen LogP contribution < -0.4 is 14.8 Å². The molecule has 1 N–H and O–H groups in total. The van der Waals surface area contributed by atoms with E-state index in [-0.39, 0.29) is 6.61 Å². The molecule has 158 valence electrons. The SMILES string of the molecule is CCOc1cc(CNCc2ccccc2Cl)c(Cl)cc1OCc1ccc(Cl)cc1Cl. The summed E-state index contributed by atoms with van der Waals surface area (Å²) in [6.45, 7) is 3.90. The summed E-state index contributed by atoms with van der Waals surface area (Å²) < 4.78 is 11.7. The zero-order valence-electron chi connectivity index (χ0n) is 16.4. The van der Waals surface area contributed by atoms with Crippen molar-refractivity contribution in [3.63, 3.8) is 0 Å². The summed E-state index contributed by atoms with van der Waals surface area (Å²) in [4.78, 5) is 0. The number of halogens is 4. The molecular formula is C23H21Cl4NO2. The quantitative estimate of drug-likeness (QED) is 0.339. The highest BCUT2D eigenvalue weighted by atomic mass is 35.5. The van der Waals surface area contributed by atoms with Gasteiger partial charge in [0.1, 0.15) is 6.61 Å². The van der Waals surface area contributed by atoms with Gasteiger partial charge >= 0.3 is 0 Å². The van der Waals surface area contributed by atoms with Gasteiger partial charge in [0.25, 0.3) is 0 Å². The number of ether oxygens (including phenoxy) is 2. The first kappa shape index (κ1) is 23.1. The van der Waals surface area contributed by atoms with Crippen LogP contribution in [0.25, 0.3) is 0 Å². The molecule has 0 atom stereocenters. The van der Waals surface area contributed by atoms with Gasteiger partial charge in [0, 0.05) is 44.8 Å². The highest BCUT2D eigenvalue weighted by Gasteiger charge is 2.13. The van der Waals surface area contributed by atoms with Crippen LogP contribution in [0.5, 0.6) is 11.5 Å². The predicted molar refractivity (Wildman–Crippen MR) is 125 cm³/mol. The highest BCUT2D eigenvalue weighted by Crippen LogP contribution is 2.35. The van der Waals surface area contributed by atoms with Crippen molar-refractivity contribution in [2.45, 2.75) is 26.6 Å². The summed E-state index contributed by atoms with van der Waals surface area (Å²) in [6.07, 6.45) is 0. The van der Waals surface area contributed by atoms with Gasteiger partial charge in [0.05, 0.1) is 6.61 Å². The normalized spacial score (nSPS) is 10.8. The Labute approximate surface area is 196 Å². The molecule has 0 saturated carbocycles. The molecule has 0 amide bonds. The molecule has 3 nitrogen and oxygen atoms in total. The fraction of sp³-hybridized carbons (Fsp3) is 0.217. The van der Waals surface area contributed by atoms with Crippen molar-refractivity contribution >= 4 is 46.4 Å². The largest absolute Gasteiger partial charge is 0.490 e. The van der Waals surface area contributed by atoms with E-state index < -0.39 is 0 Å². The van der Waals surface area contributed by atoms with Crippen molar-refractivity contribution in [1.82, 2.24) is 5.32 Å². The zero-order chi connectivity index (χ0) is 21.5. The van der Waals surface area contributed by atoms with Gasteiger partial charge in [-0.25, -0.2) is 0 Å². The van der Waals surface area contributed by atoms with E-state index in [0.717, 1.165) is 21.7 Å². The van der Waals surface area contributed by atoms with E-state index in [1.165, 1.54) is 0 Å². The molecule has 0 radical (unpaired) electrons. The lowest BCUT2D eigenvalue weighted by atomic mass is 10.1. The van der Waals surface area contributed by atoms with Crippen LogP contribution in [0.3, 0.4) is 0 Å². The second-order valence-electron chi connectivity index (χ2n) is 6.54. The van der Waals surface area contributed by atoms with Crippen LogP contribution in [0.2, 0.25) is 20.1 Å². The Morgan fingerprint density at radius 3 is 2.13 bits per heavy atom. The Bertz CT molecular complexity index is 1010. The van der Waals surface area contributed by atoms with Crippen molar-refractivity contribution in [2.75, 3.05) is 6.61 Å². The fourth-order valence-electron chi connectivity index (χ4n) is 2.86. The van der Waals surface area contributed by atoms with E-state index in [1.807, 2.05) is 43.3 Å². The third-order valence-corrected chi connectivity index (χ3v) is 5.71. The Hall–Kier alpha value is -1.62. The first-order valence-corrected chi connectivity index (χ1v) is 10.9. The van der Waals surface area contributed by atoms with Crippen LogP contribution in [0, 0.1) is 0 Å². The molecular weight excluding hydrogens is 464 g/mol. The maximum atomic E-state index is 6.50. The fourth-order valence-corrected chi connectivity index (χ4v) is 3.75. The molecule has 0 aliphatic heterocycles. The number of benzene rings is 3. The lowest BCUT2D eigenvalue weighted by molar-refractivity contribution is 0.269. The van der Waals surface area contributed by atoms with Gasteiger partial charge in [0.2, 0.25) is 0 Å². The third-order valence-electron chi connectivity index (χ3n) is 4.40. The van der Waals surface area contributed by atoms with Gasteiger partial charge < -0.3 is 14.8 Å². The molecule has 0 spiro atoms. The van der Waals surface area contributed by atoms with Gasteiger partial charge in [-0.2, -0.15) is 0 Å². The van der Waals surface area contributed by atoms with Gasteiger partial charge in [0.15, 0.2) is 11.5 Å². The molecule has 0 aliphatic rings. The second kappa shape index (κ2) is 11.1. The average molecular weight is 485 g/mol. The number of nitrogens with one attached hydrogen (secondary N) is 1. The van der Waals surface area contributed by atoms with E-state index in [9.17, 15) is 0 Å². The van der Waals surface area contributed by atoms with E-state index in [2.05, 4.69) is 5.32 Å². The van der Waals surface area contributed by atoms with Gasteiger partial charge in [-0.05, 0) is 42.3 Å². The first-order chi connectivity index (χ1) is 14.5. The summed E-state index contributed by atoms with van der Waals surface area (Å²) in [5.74, 6) is 1.18. The summed E-state index contributed by atoms with van der Waals surface area (Å²) in [5.41, 5.74) is 2.76. The minimum Gasteiger partial charge on any atom is -0.490 e. The molecule has 0 aliphatic carbocycles. The van der Waals surface area contributed by atoms with Gasteiger partial charge in [-0.3, -0.25) is 0 Å². The maximum absolute atomic E-state index is 6.50. The summed E-state index contributed by atoms with van der Waals surface area (Å²) in [6, 6.07) is 16.7. The standard InChI is InChI=1S/C23H21Cl4NO2/c1-2-29-22-9-17(13-28-12-15-5-3-4-6-19(15)25)21(27)11-23(22)30-14-16-7-8-18(24)10-20(16)26/h3-11,28H,2,12-14H2,1H3. The minimum atomic E-state index is 0.274. The third kappa shape index (κ3) is 6.19. The molecule has 0 unspecified atom stereocenters. The molecule has 30 heavy (non-hydrogen) atoms. The average Bonchev–Trinajstić information content (AvgIpc) is 2.71. The lowest BCUT2D eigenvalue weighted by Gasteiger charge is -2.16. The van der Waals surface area contributed by atoms with Crippen molar-refractivity contribution < 1.29 is 9.47 Å². The smallest absolute Gasteiger partial charge is 0.163 e. The highest BCUT2D eigenvalue weighted by molar-refractivity contribution is 6.35. The van der Waals surface area contributed by atoms with Crippen LogP contribution in [0.15, 0.2) is 54.6 Å². The molecule has 3 aromatic rings. The van der Waals surface area contributed by atoms with E-state index in [0.29, 0.717) is 46.3 Å². The molecule has 0 aromatic heterocycles. The zero-order valence-corrected chi connectivity index (χ0v) is 19.4. The lowest BCUT2D eigenvalue weighted by Crippen LogP contribution is -2.13. The van der Waals surface area contributed by atoms with Crippen LogP contribution in [-0.4, -0.2) is 6.61 Å². The molecule has 3 rings (SSSR count). The Morgan fingerprint density at radius 1 is 0.700 bits per heavy atom. The summed E-state index contributed by atoms with van der Waals surface area (Å²) in [7, 11) is 0. The van der Waals surface area contributed by atoms with Crippen molar-refractivity contribution in [3.8, 4) is 11.5 Å². The maximum Gasteiger partial charge on any atom is 0.163 e. The summed E-state index contributed by atoms with van der Waals surface area (Å²) in [5, 5.41) is 5.81. The number of hydrogen-bond donors (Lipinski definition) is 1. The number of rotatable bonds is 9. The van der Waals surface area contributed by atoms with Crippen LogP contribution in [0.4, 0.5) is 0 Å². The van der Waals surface area contributed by atoms with Crippen LogP contribution >= 0.6 is 46.4 Å². The summed E-state index contributed by atoms with van der Waals surface area (Å²) >= 11 is 24.9. The van der Waals surface area contributed by atoms with Crippen molar-refractivity contribution in [3.05, 3.63) is 91.4 Å². The molecule has 0 saturated heterocycles. The van der Waals surface area contributed by atoms with E-state index in [1.54, 1.807) is 18.2 Å². The Kier molecular flexibility index (Phi) is 8.55. The van der Waals surface area contributed by atoms with Crippen molar-refractivity contribution in [2.24, 2.45) is 0 Å². The predicted octanol–water partition coefficient (Wildman–Crippen LogP) is 7.57. The first-order valence-electron chi connectivity index (χ1n) is 9.44. The number of hydrogen-bond acceptors (Lipinski definition) is 3. The molecule has 0 bridgehead atoms. The molecule has 0 heterocycles. The van der Waals surface area contributed by atoms with Gasteiger partial charge in [-0.1, -0.05) is 70.7 Å². The monoisotopic (exact) mass is 483 g/mol. The van der Waals surface area contributed by atoms with Crippen LogP contribution in [0.1, 0.15) is 23.6 Å². The van der Waals surface area contributed by atoms with Gasteiger partial charge in [-0.15, -0.1) is 0 Å². The minimum absolute atomic E-state index is 0.274.